The first kappa shape index (κ1) is 31.5. The molecule has 0 radical (unpaired) electrons. The number of benzene rings is 8. The molecule has 6 nitrogen and oxygen atoms in total. The Morgan fingerprint density at radius 3 is 1.63 bits per heavy atom. The molecule has 4 heterocycles. The first-order valence-corrected chi connectivity index (χ1v) is 19.1. The molecule has 0 spiro atoms. The highest BCUT2D eigenvalue weighted by atomic mass is 16.3. The van der Waals surface area contributed by atoms with Crippen LogP contribution in [0.15, 0.2) is 192 Å². The Labute approximate surface area is 326 Å². The lowest BCUT2D eigenvalue weighted by Crippen LogP contribution is -2.01. The molecule has 0 aliphatic heterocycles. The van der Waals surface area contributed by atoms with Gasteiger partial charge in [0, 0.05) is 54.7 Å². The normalized spacial score (nSPS) is 11.9. The number of hydrogen-bond donors (Lipinski definition) is 0. The minimum absolute atomic E-state index is 0.585. The van der Waals surface area contributed by atoms with Crippen molar-refractivity contribution in [3.8, 4) is 45.5 Å². The SMILES string of the molecule is c1ccc(-c2nc(-c3ccccc3)nc(-c3ccc(-n4c5ccccc5c5c4ccc4c6ccccc6n(-c6ccccc6)c45)c4oc5ccccc5c34)n2)cc1. The van der Waals surface area contributed by atoms with E-state index in [4.69, 9.17) is 19.4 Å². The number of rotatable bonds is 5. The van der Waals surface area contributed by atoms with Crippen LogP contribution < -0.4 is 0 Å². The van der Waals surface area contributed by atoms with E-state index in [0.717, 1.165) is 61.0 Å². The molecule has 0 aliphatic rings. The van der Waals surface area contributed by atoms with E-state index in [1.807, 2.05) is 72.8 Å². The summed E-state index contributed by atoms with van der Waals surface area (Å²) in [5.41, 5.74) is 10.9. The molecule has 0 saturated carbocycles. The van der Waals surface area contributed by atoms with E-state index in [0.29, 0.717) is 17.5 Å². The van der Waals surface area contributed by atoms with Crippen LogP contribution in [0.3, 0.4) is 0 Å². The van der Waals surface area contributed by atoms with Gasteiger partial charge in [0.2, 0.25) is 0 Å². The molecule has 0 N–H and O–H groups in total. The first-order valence-electron chi connectivity index (χ1n) is 19.1. The van der Waals surface area contributed by atoms with Crippen molar-refractivity contribution >= 4 is 65.6 Å². The maximum absolute atomic E-state index is 6.93. The number of nitrogens with zero attached hydrogens (tertiary/aromatic N) is 5. The van der Waals surface area contributed by atoms with Crippen LogP contribution in [0.2, 0.25) is 0 Å². The third kappa shape index (κ3) is 4.74. The molecule has 0 fully saturated rings. The van der Waals surface area contributed by atoms with Gasteiger partial charge in [-0.05, 0) is 48.5 Å². The van der Waals surface area contributed by atoms with Crippen molar-refractivity contribution in [1.82, 2.24) is 24.1 Å². The third-order valence-corrected chi connectivity index (χ3v) is 11.2. The summed E-state index contributed by atoms with van der Waals surface area (Å²) in [4.78, 5) is 15.3. The molecule has 0 bridgehead atoms. The van der Waals surface area contributed by atoms with Crippen LogP contribution in [0.5, 0.6) is 0 Å². The molecule has 4 aromatic heterocycles. The van der Waals surface area contributed by atoms with Crippen LogP contribution in [0, 0.1) is 0 Å². The van der Waals surface area contributed by atoms with E-state index < -0.39 is 0 Å². The van der Waals surface area contributed by atoms with Crippen molar-refractivity contribution in [2.45, 2.75) is 0 Å². The van der Waals surface area contributed by atoms with Crippen molar-refractivity contribution in [3.63, 3.8) is 0 Å². The van der Waals surface area contributed by atoms with Crippen LogP contribution in [0.1, 0.15) is 0 Å². The molecule has 0 saturated heterocycles. The van der Waals surface area contributed by atoms with Crippen LogP contribution in [0.4, 0.5) is 0 Å². The maximum Gasteiger partial charge on any atom is 0.164 e. The standard InChI is InChI=1S/C51H31N5O/c1-4-16-32(17-5-1)49-52-50(33-18-6-2-7-19-33)54-51(53-49)39-29-31-43(48-45(39)38-24-12-15-27-44(38)57-48)56-41-26-14-11-23-37(41)46-42(56)30-28-36-35-22-10-13-25-40(35)55(47(36)46)34-20-8-3-9-21-34/h1-31H. The van der Waals surface area contributed by atoms with Gasteiger partial charge >= 0.3 is 0 Å². The minimum Gasteiger partial charge on any atom is -0.454 e. The molecule has 0 atom stereocenters. The lowest BCUT2D eigenvalue weighted by atomic mass is 10.0. The van der Waals surface area contributed by atoms with Crippen LogP contribution in [-0.4, -0.2) is 24.1 Å². The van der Waals surface area contributed by atoms with Crippen LogP contribution in [-0.2, 0) is 0 Å². The zero-order chi connectivity index (χ0) is 37.5. The van der Waals surface area contributed by atoms with Crippen LogP contribution in [0.25, 0.3) is 111 Å². The fraction of sp³-hybridized carbons (Fsp3) is 0. The van der Waals surface area contributed by atoms with E-state index in [9.17, 15) is 0 Å². The van der Waals surface area contributed by atoms with E-state index in [2.05, 4.69) is 124 Å². The molecule has 6 heteroatoms. The van der Waals surface area contributed by atoms with Gasteiger partial charge in [-0.1, -0.05) is 140 Å². The average molecular weight is 730 g/mol. The lowest BCUT2D eigenvalue weighted by Gasteiger charge is -2.13. The fourth-order valence-electron chi connectivity index (χ4n) is 8.72. The second kappa shape index (κ2) is 12.3. The molecular formula is C51H31N5O. The Morgan fingerprint density at radius 2 is 0.930 bits per heavy atom. The number of fused-ring (bicyclic) bond motifs is 10. The maximum atomic E-state index is 6.93. The number of aromatic nitrogens is 5. The first-order chi connectivity index (χ1) is 28.3. The van der Waals surface area contributed by atoms with Gasteiger partial charge in [-0.3, -0.25) is 0 Å². The predicted octanol–water partition coefficient (Wildman–Crippen LogP) is 13.0. The third-order valence-electron chi connectivity index (χ3n) is 11.2. The lowest BCUT2D eigenvalue weighted by molar-refractivity contribution is 0.666. The van der Waals surface area contributed by atoms with Gasteiger partial charge < -0.3 is 13.6 Å². The summed E-state index contributed by atoms with van der Waals surface area (Å²) in [7, 11) is 0. The molecule has 0 aliphatic carbocycles. The summed E-state index contributed by atoms with van der Waals surface area (Å²) < 4.78 is 11.7. The fourth-order valence-corrected chi connectivity index (χ4v) is 8.72. The zero-order valence-corrected chi connectivity index (χ0v) is 30.5. The van der Waals surface area contributed by atoms with Crippen molar-refractivity contribution in [1.29, 1.82) is 0 Å². The van der Waals surface area contributed by atoms with Gasteiger partial charge in [0.25, 0.3) is 0 Å². The summed E-state index contributed by atoms with van der Waals surface area (Å²) in [5.74, 6) is 1.82. The van der Waals surface area contributed by atoms with Gasteiger partial charge in [0.15, 0.2) is 23.1 Å². The Bertz CT molecular complexity index is 3450. The minimum atomic E-state index is 0.585. The highest BCUT2D eigenvalue weighted by molar-refractivity contribution is 6.26. The predicted molar refractivity (Wildman–Crippen MR) is 232 cm³/mol. The largest absolute Gasteiger partial charge is 0.454 e. The number of furan rings is 1. The summed E-state index contributed by atoms with van der Waals surface area (Å²) in [6.45, 7) is 0. The van der Waals surface area contributed by atoms with Gasteiger partial charge in [0.1, 0.15) is 5.58 Å². The van der Waals surface area contributed by atoms with Gasteiger partial charge in [-0.2, -0.15) is 0 Å². The molecule has 12 rings (SSSR count). The molecule has 8 aromatic carbocycles. The number of hydrogen-bond acceptors (Lipinski definition) is 4. The molecule has 266 valence electrons. The zero-order valence-electron chi connectivity index (χ0n) is 30.5. The van der Waals surface area contributed by atoms with E-state index in [-0.39, 0.29) is 0 Å². The second-order valence-corrected chi connectivity index (χ2v) is 14.4. The smallest absolute Gasteiger partial charge is 0.164 e. The van der Waals surface area contributed by atoms with Gasteiger partial charge in [-0.15, -0.1) is 0 Å². The number of para-hydroxylation sites is 4. The van der Waals surface area contributed by atoms with E-state index in [1.165, 1.54) is 32.6 Å². The van der Waals surface area contributed by atoms with Crippen molar-refractivity contribution in [2.24, 2.45) is 0 Å². The molecule has 57 heavy (non-hydrogen) atoms. The topological polar surface area (TPSA) is 61.7 Å². The Kier molecular flexibility index (Phi) is 6.83. The van der Waals surface area contributed by atoms with Crippen molar-refractivity contribution < 1.29 is 4.42 Å². The van der Waals surface area contributed by atoms with Crippen LogP contribution >= 0.6 is 0 Å². The van der Waals surface area contributed by atoms with Gasteiger partial charge in [-0.25, -0.2) is 15.0 Å². The Balaban J connectivity index is 1.18. The highest BCUT2D eigenvalue weighted by Gasteiger charge is 2.25. The average Bonchev–Trinajstić information content (AvgIpc) is 3.95. The van der Waals surface area contributed by atoms with E-state index in [1.54, 1.807) is 0 Å². The summed E-state index contributed by atoms with van der Waals surface area (Å²) in [6, 6.07) is 65.4. The molecule has 12 aromatic rings. The summed E-state index contributed by atoms with van der Waals surface area (Å²) >= 11 is 0. The Hall–Kier alpha value is -7.83. The quantitative estimate of drug-likeness (QED) is 0.177. The molecule has 0 amide bonds. The molecular weight excluding hydrogens is 699 g/mol. The summed E-state index contributed by atoms with van der Waals surface area (Å²) in [5, 5.41) is 6.75. The highest BCUT2D eigenvalue weighted by Crippen LogP contribution is 2.45. The summed E-state index contributed by atoms with van der Waals surface area (Å²) in [6.07, 6.45) is 0. The van der Waals surface area contributed by atoms with Gasteiger partial charge in [0.05, 0.1) is 27.8 Å². The monoisotopic (exact) mass is 729 g/mol. The van der Waals surface area contributed by atoms with E-state index >= 15 is 0 Å². The second-order valence-electron chi connectivity index (χ2n) is 14.4. The van der Waals surface area contributed by atoms with Crippen molar-refractivity contribution in [2.75, 3.05) is 0 Å². The molecule has 0 unspecified atom stereocenters. The Morgan fingerprint density at radius 1 is 0.368 bits per heavy atom. The van der Waals surface area contributed by atoms with Crippen molar-refractivity contribution in [3.05, 3.63) is 188 Å².